The van der Waals surface area contributed by atoms with Crippen LogP contribution in [0.3, 0.4) is 0 Å². The molecule has 4 heteroatoms. The molecule has 1 aromatic heterocycles. The lowest BCUT2D eigenvalue weighted by Crippen LogP contribution is -2.40. The zero-order valence-corrected chi connectivity index (χ0v) is 12.3. The highest BCUT2D eigenvalue weighted by molar-refractivity contribution is 5.75. The maximum absolute atomic E-state index is 5.56. The lowest BCUT2D eigenvalue weighted by molar-refractivity contribution is 0.174. The minimum atomic E-state index is 0.457. The van der Waals surface area contributed by atoms with Crippen molar-refractivity contribution in [1.29, 1.82) is 0 Å². The monoisotopic (exact) mass is 273 g/mol. The van der Waals surface area contributed by atoms with Gasteiger partial charge < -0.3 is 14.6 Å². The molecule has 108 valence electrons. The number of hydrogen-bond acceptors (Lipinski definition) is 3. The van der Waals surface area contributed by atoms with Gasteiger partial charge in [0, 0.05) is 25.1 Å². The quantitative estimate of drug-likeness (QED) is 0.909. The number of likely N-dealkylation sites (N-methyl/N-ethyl adjacent to an activating group) is 1. The van der Waals surface area contributed by atoms with Gasteiger partial charge in [0.2, 0.25) is 0 Å². The van der Waals surface area contributed by atoms with Crippen molar-refractivity contribution in [2.45, 2.75) is 32.9 Å². The van der Waals surface area contributed by atoms with Gasteiger partial charge in [-0.3, -0.25) is 0 Å². The molecular weight excluding hydrogens is 250 g/mol. The minimum Gasteiger partial charge on any atom is -0.381 e. The van der Waals surface area contributed by atoms with Crippen LogP contribution in [0.5, 0.6) is 0 Å². The molecule has 0 saturated carbocycles. The van der Waals surface area contributed by atoms with Gasteiger partial charge in [-0.2, -0.15) is 0 Å². The van der Waals surface area contributed by atoms with E-state index in [0.717, 1.165) is 44.1 Å². The van der Waals surface area contributed by atoms with Gasteiger partial charge in [0.05, 0.1) is 17.6 Å². The highest BCUT2D eigenvalue weighted by Gasteiger charge is 2.26. The fraction of sp³-hybridized carbons (Fsp3) is 0.562. The molecule has 4 nitrogen and oxygen atoms in total. The van der Waals surface area contributed by atoms with Crippen molar-refractivity contribution in [3.8, 4) is 0 Å². The molecule has 0 aliphatic carbocycles. The first-order chi connectivity index (χ1) is 9.79. The minimum absolute atomic E-state index is 0.457. The van der Waals surface area contributed by atoms with E-state index >= 15 is 0 Å². The van der Waals surface area contributed by atoms with E-state index in [1.165, 1.54) is 5.52 Å². The van der Waals surface area contributed by atoms with E-state index in [9.17, 15) is 0 Å². The third-order valence-corrected chi connectivity index (χ3v) is 4.22. The number of nitrogens with zero attached hydrogens (tertiary/aromatic N) is 2. The van der Waals surface area contributed by atoms with Gasteiger partial charge >= 0.3 is 0 Å². The van der Waals surface area contributed by atoms with Gasteiger partial charge in [-0.05, 0) is 32.0 Å². The molecule has 1 aromatic carbocycles. The standard InChI is InChI=1S/C16H23N3O/c1-3-17-15(13-8-9-20-11-13)10-19-12(2)18-14-6-4-5-7-16(14)19/h4-7,13,15,17H,3,8-11H2,1-2H3. The fourth-order valence-corrected chi connectivity index (χ4v) is 3.14. The lowest BCUT2D eigenvalue weighted by Gasteiger charge is -2.24. The van der Waals surface area contributed by atoms with E-state index in [4.69, 9.17) is 4.74 Å². The molecule has 0 spiro atoms. The Bertz CT molecular complexity index is 572. The molecule has 2 aromatic rings. The lowest BCUT2D eigenvalue weighted by atomic mass is 9.98. The third-order valence-electron chi connectivity index (χ3n) is 4.22. The molecule has 2 atom stereocenters. The van der Waals surface area contributed by atoms with E-state index in [1.54, 1.807) is 0 Å². The van der Waals surface area contributed by atoms with Crippen LogP contribution in [-0.4, -0.2) is 35.4 Å². The van der Waals surface area contributed by atoms with Crippen molar-refractivity contribution in [3.63, 3.8) is 0 Å². The second-order valence-electron chi connectivity index (χ2n) is 5.55. The summed E-state index contributed by atoms with van der Waals surface area (Å²) in [5.41, 5.74) is 2.31. The molecule has 1 saturated heterocycles. The predicted molar refractivity (Wildman–Crippen MR) is 80.9 cm³/mol. The Kier molecular flexibility index (Phi) is 4.03. The molecule has 3 rings (SSSR count). The van der Waals surface area contributed by atoms with Gasteiger partial charge in [-0.1, -0.05) is 19.1 Å². The van der Waals surface area contributed by atoms with E-state index in [1.807, 2.05) is 6.07 Å². The first kappa shape index (κ1) is 13.6. The molecule has 2 heterocycles. The number of hydrogen-bond donors (Lipinski definition) is 1. The largest absolute Gasteiger partial charge is 0.381 e. The molecule has 20 heavy (non-hydrogen) atoms. The van der Waals surface area contributed by atoms with Gasteiger partial charge in [-0.25, -0.2) is 4.98 Å². The van der Waals surface area contributed by atoms with Crippen LogP contribution in [0, 0.1) is 12.8 Å². The molecule has 1 fully saturated rings. The Labute approximate surface area is 120 Å². The van der Waals surface area contributed by atoms with E-state index < -0.39 is 0 Å². The smallest absolute Gasteiger partial charge is 0.106 e. The Morgan fingerprint density at radius 3 is 3.05 bits per heavy atom. The first-order valence-corrected chi connectivity index (χ1v) is 7.52. The van der Waals surface area contributed by atoms with Crippen molar-refractivity contribution < 1.29 is 4.74 Å². The average molecular weight is 273 g/mol. The number of aryl methyl sites for hydroxylation is 1. The van der Waals surface area contributed by atoms with Gasteiger partial charge in [0.15, 0.2) is 0 Å². The molecule has 2 unspecified atom stereocenters. The summed E-state index contributed by atoms with van der Waals surface area (Å²) in [6, 6.07) is 8.83. The number of ether oxygens (including phenoxy) is 1. The Morgan fingerprint density at radius 1 is 1.45 bits per heavy atom. The summed E-state index contributed by atoms with van der Waals surface area (Å²) in [7, 11) is 0. The van der Waals surface area contributed by atoms with Crippen LogP contribution in [0.2, 0.25) is 0 Å². The Hall–Kier alpha value is -1.39. The first-order valence-electron chi connectivity index (χ1n) is 7.52. The summed E-state index contributed by atoms with van der Waals surface area (Å²) in [5.74, 6) is 1.70. The summed E-state index contributed by atoms with van der Waals surface area (Å²) in [4.78, 5) is 4.66. The number of nitrogens with one attached hydrogen (secondary N) is 1. The van der Waals surface area contributed by atoms with Crippen LogP contribution in [0.1, 0.15) is 19.2 Å². The summed E-state index contributed by atoms with van der Waals surface area (Å²) in [6.45, 7) is 8.00. The molecule has 1 aliphatic heterocycles. The van der Waals surface area contributed by atoms with Gasteiger partial charge in [0.1, 0.15) is 5.82 Å². The SMILES string of the molecule is CCNC(Cn1c(C)nc2ccccc21)C1CCOC1. The Balaban J connectivity index is 1.87. The number of para-hydroxylation sites is 2. The molecular formula is C16H23N3O. The van der Waals surface area contributed by atoms with Crippen molar-refractivity contribution in [3.05, 3.63) is 30.1 Å². The van der Waals surface area contributed by atoms with Crippen molar-refractivity contribution in [2.75, 3.05) is 19.8 Å². The molecule has 1 N–H and O–H groups in total. The predicted octanol–water partition coefficient (Wildman–Crippen LogP) is 2.36. The highest BCUT2D eigenvalue weighted by Crippen LogP contribution is 2.21. The van der Waals surface area contributed by atoms with Crippen LogP contribution in [0.25, 0.3) is 11.0 Å². The number of fused-ring (bicyclic) bond motifs is 1. The van der Waals surface area contributed by atoms with E-state index in [-0.39, 0.29) is 0 Å². The Morgan fingerprint density at radius 2 is 2.30 bits per heavy atom. The molecule has 0 radical (unpaired) electrons. The summed E-state index contributed by atoms with van der Waals surface area (Å²) in [6.07, 6.45) is 1.16. The number of rotatable bonds is 5. The van der Waals surface area contributed by atoms with Crippen LogP contribution < -0.4 is 5.32 Å². The van der Waals surface area contributed by atoms with Crippen molar-refractivity contribution >= 4 is 11.0 Å². The zero-order chi connectivity index (χ0) is 13.9. The number of aromatic nitrogens is 2. The van der Waals surface area contributed by atoms with Crippen LogP contribution >= 0.6 is 0 Å². The second-order valence-corrected chi connectivity index (χ2v) is 5.55. The third kappa shape index (κ3) is 2.58. The number of imidazole rings is 1. The zero-order valence-electron chi connectivity index (χ0n) is 12.3. The van der Waals surface area contributed by atoms with Crippen molar-refractivity contribution in [1.82, 2.24) is 14.9 Å². The second kappa shape index (κ2) is 5.94. The van der Waals surface area contributed by atoms with Crippen LogP contribution in [-0.2, 0) is 11.3 Å². The molecule has 0 bridgehead atoms. The average Bonchev–Trinajstić information content (AvgIpc) is 3.07. The van der Waals surface area contributed by atoms with E-state index in [2.05, 4.69) is 46.9 Å². The summed E-state index contributed by atoms with van der Waals surface area (Å²) in [5, 5.41) is 3.63. The molecule has 0 amide bonds. The summed E-state index contributed by atoms with van der Waals surface area (Å²) >= 11 is 0. The summed E-state index contributed by atoms with van der Waals surface area (Å²) < 4.78 is 7.89. The highest BCUT2D eigenvalue weighted by atomic mass is 16.5. The molecule has 1 aliphatic rings. The maximum Gasteiger partial charge on any atom is 0.106 e. The van der Waals surface area contributed by atoms with Gasteiger partial charge in [-0.15, -0.1) is 0 Å². The fourth-order valence-electron chi connectivity index (χ4n) is 3.14. The van der Waals surface area contributed by atoms with E-state index in [0.29, 0.717) is 12.0 Å². The normalized spacial score (nSPS) is 20.6. The van der Waals surface area contributed by atoms with Gasteiger partial charge in [0.25, 0.3) is 0 Å². The topological polar surface area (TPSA) is 39.1 Å². The maximum atomic E-state index is 5.56. The number of benzene rings is 1. The van der Waals surface area contributed by atoms with Crippen molar-refractivity contribution in [2.24, 2.45) is 5.92 Å². The van der Waals surface area contributed by atoms with Crippen LogP contribution in [0.4, 0.5) is 0 Å². The van der Waals surface area contributed by atoms with Crippen LogP contribution in [0.15, 0.2) is 24.3 Å².